The molecule has 0 amide bonds. The number of anilines is 1. The number of aromatic carboxylic acids is 1. The highest BCUT2D eigenvalue weighted by atomic mass is 32.2. The summed E-state index contributed by atoms with van der Waals surface area (Å²) < 4.78 is 27.8. The van der Waals surface area contributed by atoms with E-state index in [1.807, 2.05) is 13.0 Å². The first kappa shape index (κ1) is 16.1. The first-order valence-electron chi connectivity index (χ1n) is 7.22. The molecule has 24 heavy (non-hydrogen) atoms. The van der Waals surface area contributed by atoms with Crippen molar-refractivity contribution in [3.05, 3.63) is 59.3 Å². The van der Waals surface area contributed by atoms with Gasteiger partial charge in [0.25, 0.3) is 10.0 Å². The Labute approximate surface area is 139 Å². The Balaban J connectivity index is 2.00. The average Bonchev–Trinajstić information content (AvgIpc) is 2.86. The number of aromatic nitrogens is 1. The SMILES string of the molecule is Cc1cc2cc(NS(=O)(=O)c3cc(C(=O)O)ccc3C)ccc2[nH]1. The van der Waals surface area contributed by atoms with Gasteiger partial charge in [-0.05, 0) is 55.8 Å². The van der Waals surface area contributed by atoms with E-state index in [2.05, 4.69) is 9.71 Å². The van der Waals surface area contributed by atoms with Crippen LogP contribution in [0.2, 0.25) is 0 Å². The predicted octanol–water partition coefficient (Wildman–Crippen LogP) is 3.28. The molecule has 0 spiro atoms. The summed E-state index contributed by atoms with van der Waals surface area (Å²) in [6.07, 6.45) is 0. The van der Waals surface area contributed by atoms with E-state index in [1.165, 1.54) is 18.2 Å². The Kier molecular flexibility index (Phi) is 3.81. The number of carboxylic acids is 1. The van der Waals surface area contributed by atoms with Crippen molar-refractivity contribution in [2.75, 3.05) is 4.72 Å². The summed E-state index contributed by atoms with van der Waals surface area (Å²) in [4.78, 5) is 14.2. The second-order valence-electron chi connectivity index (χ2n) is 5.65. The molecule has 0 unspecified atom stereocenters. The zero-order valence-corrected chi connectivity index (χ0v) is 13.9. The highest BCUT2D eigenvalue weighted by molar-refractivity contribution is 7.92. The molecule has 2 aromatic carbocycles. The van der Waals surface area contributed by atoms with Gasteiger partial charge in [-0.15, -0.1) is 0 Å². The number of benzene rings is 2. The first-order valence-corrected chi connectivity index (χ1v) is 8.71. The lowest BCUT2D eigenvalue weighted by Gasteiger charge is -2.11. The van der Waals surface area contributed by atoms with Crippen molar-refractivity contribution >= 4 is 32.6 Å². The fraction of sp³-hybridized carbons (Fsp3) is 0.118. The molecule has 0 aliphatic heterocycles. The van der Waals surface area contributed by atoms with Gasteiger partial charge in [0.2, 0.25) is 0 Å². The number of aromatic amines is 1. The van der Waals surface area contributed by atoms with Gasteiger partial charge in [-0.1, -0.05) is 6.07 Å². The van der Waals surface area contributed by atoms with Crippen molar-refractivity contribution in [3.63, 3.8) is 0 Å². The molecule has 1 heterocycles. The fourth-order valence-corrected chi connectivity index (χ4v) is 3.90. The Morgan fingerprint density at radius 2 is 1.83 bits per heavy atom. The molecule has 1 aromatic heterocycles. The molecule has 0 radical (unpaired) electrons. The van der Waals surface area contributed by atoms with Crippen molar-refractivity contribution < 1.29 is 18.3 Å². The van der Waals surface area contributed by atoms with Crippen LogP contribution in [0.5, 0.6) is 0 Å². The Morgan fingerprint density at radius 3 is 2.54 bits per heavy atom. The second kappa shape index (κ2) is 5.68. The van der Waals surface area contributed by atoms with Gasteiger partial charge in [0.05, 0.1) is 10.5 Å². The fourth-order valence-electron chi connectivity index (χ4n) is 2.57. The molecule has 0 fully saturated rings. The molecule has 3 rings (SSSR count). The smallest absolute Gasteiger partial charge is 0.335 e. The van der Waals surface area contributed by atoms with Crippen molar-refractivity contribution in [1.29, 1.82) is 0 Å². The van der Waals surface area contributed by atoms with E-state index in [0.717, 1.165) is 16.6 Å². The normalized spacial score (nSPS) is 11.6. The second-order valence-corrected chi connectivity index (χ2v) is 7.30. The molecule has 0 bridgehead atoms. The third kappa shape index (κ3) is 2.98. The number of aryl methyl sites for hydroxylation is 2. The number of hydrogen-bond donors (Lipinski definition) is 3. The Bertz CT molecular complexity index is 1050. The largest absolute Gasteiger partial charge is 0.478 e. The van der Waals surface area contributed by atoms with Crippen LogP contribution in [-0.4, -0.2) is 24.5 Å². The maximum absolute atomic E-state index is 12.6. The minimum atomic E-state index is -3.89. The molecule has 0 aliphatic rings. The number of carboxylic acid groups (broad SMARTS) is 1. The van der Waals surface area contributed by atoms with Gasteiger partial charge in [0.1, 0.15) is 0 Å². The first-order chi connectivity index (χ1) is 11.3. The summed E-state index contributed by atoms with van der Waals surface area (Å²) in [6.45, 7) is 3.55. The molecular formula is C17H16N2O4S. The number of nitrogens with one attached hydrogen (secondary N) is 2. The van der Waals surface area contributed by atoms with E-state index in [0.29, 0.717) is 11.3 Å². The number of sulfonamides is 1. The number of hydrogen-bond acceptors (Lipinski definition) is 3. The summed E-state index contributed by atoms with van der Waals surface area (Å²) in [5, 5.41) is 9.95. The zero-order chi connectivity index (χ0) is 17.5. The molecule has 0 atom stereocenters. The lowest BCUT2D eigenvalue weighted by atomic mass is 10.1. The van der Waals surface area contributed by atoms with Gasteiger partial charge in [-0.25, -0.2) is 13.2 Å². The molecule has 3 N–H and O–H groups in total. The minimum Gasteiger partial charge on any atom is -0.478 e. The van der Waals surface area contributed by atoms with Gasteiger partial charge in [0.15, 0.2) is 0 Å². The lowest BCUT2D eigenvalue weighted by molar-refractivity contribution is 0.0696. The van der Waals surface area contributed by atoms with Crippen LogP contribution in [0.15, 0.2) is 47.4 Å². The summed E-state index contributed by atoms with van der Waals surface area (Å²) in [5.74, 6) is -1.17. The van der Waals surface area contributed by atoms with Crippen LogP contribution in [0.4, 0.5) is 5.69 Å². The molecule has 3 aromatic rings. The summed E-state index contributed by atoms with van der Waals surface area (Å²) >= 11 is 0. The number of fused-ring (bicyclic) bond motifs is 1. The third-order valence-electron chi connectivity index (χ3n) is 3.73. The van der Waals surface area contributed by atoms with Crippen LogP contribution in [-0.2, 0) is 10.0 Å². The van der Waals surface area contributed by atoms with Crippen molar-refractivity contribution in [1.82, 2.24) is 4.98 Å². The zero-order valence-electron chi connectivity index (χ0n) is 13.1. The van der Waals surface area contributed by atoms with Crippen LogP contribution in [0.3, 0.4) is 0 Å². The van der Waals surface area contributed by atoms with E-state index in [4.69, 9.17) is 5.11 Å². The molecule has 0 saturated heterocycles. The van der Waals surface area contributed by atoms with Crippen LogP contribution >= 0.6 is 0 Å². The monoisotopic (exact) mass is 344 g/mol. The maximum Gasteiger partial charge on any atom is 0.335 e. The van der Waals surface area contributed by atoms with Gasteiger partial charge in [-0.3, -0.25) is 4.72 Å². The molecule has 0 aliphatic carbocycles. The van der Waals surface area contributed by atoms with Gasteiger partial charge < -0.3 is 10.1 Å². The average molecular weight is 344 g/mol. The van der Waals surface area contributed by atoms with Crippen LogP contribution in [0.1, 0.15) is 21.6 Å². The van der Waals surface area contributed by atoms with Gasteiger partial charge >= 0.3 is 5.97 Å². The van der Waals surface area contributed by atoms with Crippen LogP contribution < -0.4 is 4.72 Å². The summed E-state index contributed by atoms with van der Waals surface area (Å²) in [6, 6.07) is 11.1. The Hall–Kier alpha value is -2.80. The van der Waals surface area contributed by atoms with Gasteiger partial charge in [0, 0.05) is 22.3 Å². The topological polar surface area (TPSA) is 99.3 Å². The molecule has 124 valence electrons. The minimum absolute atomic E-state index is 0.0484. The quantitative estimate of drug-likeness (QED) is 0.676. The number of rotatable bonds is 4. The highest BCUT2D eigenvalue weighted by Crippen LogP contribution is 2.24. The van der Waals surface area contributed by atoms with Crippen molar-refractivity contribution in [2.24, 2.45) is 0 Å². The lowest BCUT2D eigenvalue weighted by Crippen LogP contribution is -2.15. The van der Waals surface area contributed by atoms with E-state index in [-0.39, 0.29) is 10.5 Å². The van der Waals surface area contributed by atoms with E-state index in [1.54, 1.807) is 25.1 Å². The molecular weight excluding hydrogens is 328 g/mol. The molecule has 7 heteroatoms. The maximum atomic E-state index is 12.6. The van der Waals surface area contributed by atoms with Crippen LogP contribution in [0.25, 0.3) is 10.9 Å². The van der Waals surface area contributed by atoms with Crippen molar-refractivity contribution in [3.8, 4) is 0 Å². The van der Waals surface area contributed by atoms with E-state index < -0.39 is 16.0 Å². The highest BCUT2D eigenvalue weighted by Gasteiger charge is 2.19. The molecule has 0 saturated carbocycles. The standard InChI is InChI=1S/C17H16N2O4S/c1-10-3-4-12(17(20)21)9-16(10)24(22,23)19-14-5-6-15-13(8-14)7-11(2)18-15/h3-9,18-19H,1-2H3,(H,20,21). The van der Waals surface area contributed by atoms with E-state index in [9.17, 15) is 13.2 Å². The number of H-pyrrole nitrogens is 1. The van der Waals surface area contributed by atoms with Gasteiger partial charge in [-0.2, -0.15) is 0 Å². The predicted molar refractivity (Wildman–Crippen MR) is 92.0 cm³/mol. The van der Waals surface area contributed by atoms with Crippen LogP contribution in [0, 0.1) is 13.8 Å². The summed E-state index contributed by atoms with van der Waals surface area (Å²) in [5.41, 5.74) is 2.72. The van der Waals surface area contributed by atoms with Crippen molar-refractivity contribution in [2.45, 2.75) is 18.7 Å². The Morgan fingerprint density at radius 1 is 1.08 bits per heavy atom. The number of carbonyl (C=O) groups is 1. The molecule has 6 nitrogen and oxygen atoms in total. The summed E-state index contributed by atoms with van der Waals surface area (Å²) in [7, 11) is -3.89. The third-order valence-corrected chi connectivity index (χ3v) is 5.26. The van der Waals surface area contributed by atoms with E-state index >= 15 is 0 Å².